The fourth-order valence-corrected chi connectivity index (χ4v) is 2.67. The first-order valence-corrected chi connectivity index (χ1v) is 7.31. The largest absolute Gasteiger partial charge is 0.214 e. The van der Waals surface area contributed by atoms with Gasteiger partial charge in [0.1, 0.15) is 0 Å². The first-order chi connectivity index (χ1) is 10.4. The summed E-state index contributed by atoms with van der Waals surface area (Å²) in [5.74, 6) is 0.749. The van der Waals surface area contributed by atoms with Gasteiger partial charge in [-0.15, -0.1) is 5.10 Å². The van der Waals surface area contributed by atoms with Crippen molar-refractivity contribution < 1.29 is 0 Å². The molecule has 0 aliphatic rings. The summed E-state index contributed by atoms with van der Waals surface area (Å²) >= 11 is 1.56. The third-order valence-corrected chi connectivity index (χ3v) is 3.88. The summed E-state index contributed by atoms with van der Waals surface area (Å²) in [6, 6.07) is 19.4. The van der Waals surface area contributed by atoms with Crippen molar-refractivity contribution in [1.82, 2.24) is 20.2 Å². The van der Waals surface area contributed by atoms with Gasteiger partial charge in [-0.25, -0.2) is 0 Å². The molecule has 0 fully saturated rings. The SMILES string of the molecule is N#Cc1ccc(CSc2nnnn2-c2ccccc2)cc1. The first kappa shape index (κ1) is 13.3. The number of benzene rings is 2. The Morgan fingerprint density at radius 3 is 2.52 bits per heavy atom. The van der Waals surface area contributed by atoms with Gasteiger partial charge < -0.3 is 0 Å². The van der Waals surface area contributed by atoms with Gasteiger partial charge in [0, 0.05) is 5.75 Å². The van der Waals surface area contributed by atoms with E-state index in [2.05, 4.69) is 21.6 Å². The molecule has 0 radical (unpaired) electrons. The molecule has 3 rings (SSSR count). The van der Waals surface area contributed by atoms with E-state index in [0.717, 1.165) is 22.2 Å². The standard InChI is InChI=1S/C15H11N5S/c16-10-12-6-8-13(9-7-12)11-21-15-17-18-19-20(15)14-4-2-1-3-5-14/h1-9H,11H2. The Morgan fingerprint density at radius 2 is 1.81 bits per heavy atom. The molecule has 0 spiro atoms. The summed E-state index contributed by atoms with van der Waals surface area (Å²) in [5.41, 5.74) is 2.73. The maximum atomic E-state index is 8.79. The van der Waals surface area contributed by atoms with Gasteiger partial charge >= 0.3 is 0 Å². The van der Waals surface area contributed by atoms with Gasteiger partial charge in [-0.3, -0.25) is 0 Å². The minimum absolute atomic E-state index is 0.665. The van der Waals surface area contributed by atoms with Crippen molar-refractivity contribution in [3.63, 3.8) is 0 Å². The van der Waals surface area contributed by atoms with Crippen LogP contribution in [0.5, 0.6) is 0 Å². The first-order valence-electron chi connectivity index (χ1n) is 6.32. The van der Waals surface area contributed by atoms with E-state index in [-0.39, 0.29) is 0 Å². The van der Waals surface area contributed by atoms with Crippen molar-refractivity contribution in [1.29, 1.82) is 5.26 Å². The van der Waals surface area contributed by atoms with Crippen molar-refractivity contribution in [2.24, 2.45) is 0 Å². The Labute approximate surface area is 126 Å². The molecule has 6 heteroatoms. The average molecular weight is 293 g/mol. The van der Waals surface area contributed by atoms with E-state index in [1.165, 1.54) is 0 Å². The second kappa shape index (κ2) is 6.20. The molecular formula is C15H11N5S. The lowest BCUT2D eigenvalue weighted by Gasteiger charge is -2.04. The number of rotatable bonds is 4. The van der Waals surface area contributed by atoms with Gasteiger partial charge in [0.15, 0.2) is 0 Å². The van der Waals surface area contributed by atoms with Crippen LogP contribution in [0.3, 0.4) is 0 Å². The number of aromatic nitrogens is 4. The van der Waals surface area contributed by atoms with Crippen LogP contribution < -0.4 is 0 Å². The lowest BCUT2D eigenvalue weighted by Crippen LogP contribution is -1.98. The number of hydrogen-bond donors (Lipinski definition) is 0. The van der Waals surface area contributed by atoms with Gasteiger partial charge in [0.2, 0.25) is 5.16 Å². The van der Waals surface area contributed by atoms with E-state index < -0.39 is 0 Å². The molecule has 0 amide bonds. The van der Waals surface area contributed by atoms with Crippen LogP contribution in [0.2, 0.25) is 0 Å². The molecular weight excluding hydrogens is 282 g/mol. The van der Waals surface area contributed by atoms with E-state index in [1.54, 1.807) is 16.4 Å². The Morgan fingerprint density at radius 1 is 1.05 bits per heavy atom. The number of para-hydroxylation sites is 1. The van der Waals surface area contributed by atoms with Crippen LogP contribution in [-0.4, -0.2) is 20.2 Å². The minimum Gasteiger partial charge on any atom is -0.192 e. The Balaban J connectivity index is 1.74. The number of thioether (sulfide) groups is 1. The maximum Gasteiger partial charge on any atom is 0.214 e. The smallest absolute Gasteiger partial charge is 0.192 e. The monoisotopic (exact) mass is 293 g/mol. The van der Waals surface area contributed by atoms with Gasteiger partial charge in [-0.05, 0) is 40.3 Å². The topological polar surface area (TPSA) is 67.4 Å². The van der Waals surface area contributed by atoms with Crippen molar-refractivity contribution in [3.8, 4) is 11.8 Å². The highest BCUT2D eigenvalue weighted by molar-refractivity contribution is 7.98. The van der Waals surface area contributed by atoms with Crippen LogP contribution >= 0.6 is 11.8 Å². The van der Waals surface area contributed by atoms with Crippen molar-refractivity contribution in [3.05, 3.63) is 65.7 Å². The molecule has 0 bridgehead atoms. The molecule has 2 aromatic carbocycles. The van der Waals surface area contributed by atoms with Crippen LogP contribution in [0.25, 0.3) is 5.69 Å². The van der Waals surface area contributed by atoms with Crippen molar-refractivity contribution in [2.75, 3.05) is 0 Å². The van der Waals surface area contributed by atoms with E-state index in [9.17, 15) is 0 Å². The molecule has 0 saturated carbocycles. The van der Waals surface area contributed by atoms with Crippen LogP contribution in [0.1, 0.15) is 11.1 Å². The predicted molar refractivity (Wildman–Crippen MR) is 79.9 cm³/mol. The zero-order chi connectivity index (χ0) is 14.5. The zero-order valence-corrected chi connectivity index (χ0v) is 11.9. The third-order valence-electron chi connectivity index (χ3n) is 2.89. The number of hydrogen-bond acceptors (Lipinski definition) is 5. The highest BCUT2D eigenvalue weighted by Gasteiger charge is 2.08. The maximum absolute atomic E-state index is 8.79. The molecule has 1 aromatic heterocycles. The van der Waals surface area contributed by atoms with Gasteiger partial charge in [-0.1, -0.05) is 42.1 Å². The van der Waals surface area contributed by atoms with Gasteiger partial charge in [0.05, 0.1) is 17.3 Å². The van der Waals surface area contributed by atoms with E-state index >= 15 is 0 Å². The van der Waals surface area contributed by atoms with Crippen LogP contribution in [-0.2, 0) is 5.75 Å². The van der Waals surface area contributed by atoms with Gasteiger partial charge in [-0.2, -0.15) is 9.94 Å². The lowest BCUT2D eigenvalue weighted by atomic mass is 10.2. The molecule has 0 aliphatic heterocycles. The van der Waals surface area contributed by atoms with Crippen LogP contribution in [0.15, 0.2) is 59.8 Å². The molecule has 0 unspecified atom stereocenters. The number of nitriles is 1. The quantitative estimate of drug-likeness (QED) is 0.692. The third kappa shape index (κ3) is 3.09. The average Bonchev–Trinajstić information content (AvgIpc) is 3.03. The Kier molecular flexibility index (Phi) is 3.94. The fraction of sp³-hybridized carbons (Fsp3) is 0.0667. The molecule has 0 atom stereocenters. The summed E-state index contributed by atoms with van der Waals surface area (Å²) in [6.07, 6.45) is 0. The fourth-order valence-electron chi connectivity index (χ4n) is 1.82. The highest BCUT2D eigenvalue weighted by Crippen LogP contribution is 2.22. The van der Waals surface area contributed by atoms with Crippen molar-refractivity contribution in [2.45, 2.75) is 10.9 Å². The van der Waals surface area contributed by atoms with Crippen LogP contribution in [0, 0.1) is 11.3 Å². The second-order valence-corrected chi connectivity index (χ2v) is 5.25. The lowest BCUT2D eigenvalue weighted by molar-refractivity contribution is 0.756. The Bertz CT molecular complexity index is 759. The molecule has 0 N–H and O–H groups in total. The number of tetrazole rings is 1. The minimum atomic E-state index is 0.665. The highest BCUT2D eigenvalue weighted by atomic mass is 32.2. The summed E-state index contributed by atoms with van der Waals surface area (Å²) in [4.78, 5) is 0. The summed E-state index contributed by atoms with van der Waals surface area (Å²) in [6.45, 7) is 0. The number of nitrogens with zero attached hydrogens (tertiary/aromatic N) is 5. The Hall–Kier alpha value is -2.65. The van der Waals surface area contributed by atoms with Gasteiger partial charge in [0.25, 0.3) is 0 Å². The molecule has 1 heterocycles. The van der Waals surface area contributed by atoms with Crippen LogP contribution in [0.4, 0.5) is 0 Å². The van der Waals surface area contributed by atoms with E-state index in [1.807, 2.05) is 54.6 Å². The molecule has 5 nitrogen and oxygen atoms in total. The summed E-state index contributed by atoms with van der Waals surface area (Å²) in [7, 11) is 0. The summed E-state index contributed by atoms with van der Waals surface area (Å²) < 4.78 is 1.72. The molecule has 0 saturated heterocycles. The summed E-state index contributed by atoms with van der Waals surface area (Å²) in [5, 5.41) is 21.3. The molecule has 21 heavy (non-hydrogen) atoms. The zero-order valence-electron chi connectivity index (χ0n) is 11.0. The molecule has 102 valence electrons. The molecule has 3 aromatic rings. The second-order valence-electron chi connectivity index (χ2n) is 4.31. The van der Waals surface area contributed by atoms with E-state index in [0.29, 0.717) is 5.56 Å². The normalized spacial score (nSPS) is 10.2. The predicted octanol–water partition coefficient (Wildman–Crippen LogP) is 2.83. The van der Waals surface area contributed by atoms with E-state index in [4.69, 9.17) is 5.26 Å². The molecule has 0 aliphatic carbocycles. The van der Waals surface area contributed by atoms with Crippen molar-refractivity contribution >= 4 is 11.8 Å².